The zero-order valence-corrected chi connectivity index (χ0v) is 39.8. The van der Waals surface area contributed by atoms with Crippen molar-refractivity contribution in [2.45, 2.75) is 80.3 Å². The standard InChI is InChI=1S/C48H55Cl2N7O5.C2H6/c1-29-21-35(47-36(22-29)26-41(48(59)60)57(47)27-37-10-7-11-42(53-37)56-16-19-61-20-17-56)25-34(9-8-18-62-38-23-30(2)45(50)31(3)24-38)39-12-13-40(49)44(46(39)52-15-14-51-28-58)43-32(4)54-55(6)33(43)5;1-2/h7,11-13,21-26,28,37,52H,8-10,14-20,27H2,1-6H3,(H,51,58)(H,59,60);1-2H3/b34-25+;. The Hall–Kier alpha value is -5.56. The van der Waals surface area contributed by atoms with Crippen LogP contribution in [0.3, 0.4) is 0 Å². The summed E-state index contributed by atoms with van der Waals surface area (Å²) in [5.74, 6) is 0.665. The number of hydrogen-bond donors (Lipinski definition) is 3. The molecule has 1 unspecified atom stereocenters. The highest BCUT2D eigenvalue weighted by Gasteiger charge is 2.25. The van der Waals surface area contributed by atoms with Crippen molar-refractivity contribution in [1.82, 2.24) is 24.6 Å². The molecular formula is C50H61Cl2N7O5. The number of nitrogens with zero attached hydrogens (tertiary/aromatic N) is 5. The van der Waals surface area contributed by atoms with E-state index in [1.807, 2.05) is 95.1 Å². The normalized spacial score (nSPS) is 15.2. The Morgan fingerprint density at radius 3 is 2.41 bits per heavy atom. The van der Waals surface area contributed by atoms with Gasteiger partial charge in [-0.2, -0.15) is 5.10 Å². The molecule has 5 aromatic rings. The summed E-state index contributed by atoms with van der Waals surface area (Å²) in [5.41, 5.74) is 11.1. The molecule has 2 aromatic heterocycles. The average molecular weight is 911 g/mol. The highest BCUT2D eigenvalue weighted by Crippen LogP contribution is 2.44. The number of fused-ring (bicyclic) bond motifs is 1. The first-order valence-corrected chi connectivity index (χ1v) is 22.9. The molecule has 14 heteroatoms. The van der Waals surface area contributed by atoms with Crippen molar-refractivity contribution >= 4 is 69.7 Å². The Balaban J connectivity index is 0.00000335. The van der Waals surface area contributed by atoms with E-state index in [0.717, 1.165) is 102 Å². The van der Waals surface area contributed by atoms with Crippen LogP contribution in [0, 0.1) is 34.6 Å². The van der Waals surface area contributed by atoms with Crippen molar-refractivity contribution in [2.24, 2.45) is 12.0 Å². The first-order valence-electron chi connectivity index (χ1n) is 22.1. The lowest BCUT2D eigenvalue weighted by Gasteiger charge is -2.31. The van der Waals surface area contributed by atoms with Crippen LogP contribution in [0.4, 0.5) is 5.69 Å². The molecule has 0 spiro atoms. The lowest BCUT2D eigenvalue weighted by Crippen LogP contribution is -2.41. The summed E-state index contributed by atoms with van der Waals surface area (Å²) in [6, 6.07) is 13.7. The first kappa shape index (κ1) is 47.9. The molecule has 0 bridgehead atoms. The number of allylic oxidation sites excluding steroid dienone is 1. The highest BCUT2D eigenvalue weighted by molar-refractivity contribution is 6.34. The maximum Gasteiger partial charge on any atom is 0.352 e. The molecule has 3 aromatic carbocycles. The molecule has 64 heavy (non-hydrogen) atoms. The fourth-order valence-electron chi connectivity index (χ4n) is 8.64. The monoisotopic (exact) mass is 909 g/mol. The number of amidine groups is 1. The third-order valence-electron chi connectivity index (χ3n) is 11.6. The summed E-state index contributed by atoms with van der Waals surface area (Å²) < 4.78 is 15.7. The van der Waals surface area contributed by atoms with E-state index in [1.54, 1.807) is 6.07 Å². The van der Waals surface area contributed by atoms with E-state index in [-0.39, 0.29) is 11.7 Å². The number of aromatic nitrogens is 3. The number of rotatable bonds is 16. The molecule has 2 aliphatic heterocycles. The minimum Gasteiger partial charge on any atom is -0.494 e. The molecule has 3 N–H and O–H groups in total. The number of dihydropyridines is 1. The minimum absolute atomic E-state index is 0.165. The van der Waals surface area contributed by atoms with E-state index in [9.17, 15) is 14.7 Å². The molecule has 2 aliphatic rings. The van der Waals surface area contributed by atoms with Gasteiger partial charge in [0.15, 0.2) is 0 Å². The van der Waals surface area contributed by atoms with Crippen LogP contribution in [-0.4, -0.2) is 94.6 Å². The molecule has 1 fully saturated rings. The van der Waals surface area contributed by atoms with E-state index in [2.05, 4.69) is 39.8 Å². The number of nitrogens with one attached hydrogen (secondary N) is 2. The number of aryl methyl sites for hydroxylation is 5. The summed E-state index contributed by atoms with van der Waals surface area (Å²) in [5, 5.41) is 23.9. The highest BCUT2D eigenvalue weighted by atomic mass is 35.5. The number of amides is 1. The number of hydrogen-bond acceptors (Lipinski definition) is 8. The number of carbonyl (C=O) groups excluding carboxylic acids is 1. The number of ether oxygens (including phenoxy) is 2. The molecule has 0 saturated carbocycles. The van der Waals surface area contributed by atoms with Crippen molar-refractivity contribution in [3.05, 3.63) is 110 Å². The number of halogens is 2. The maximum atomic E-state index is 13.0. The number of aromatic carboxylic acids is 1. The Morgan fingerprint density at radius 1 is 1.00 bits per heavy atom. The fourth-order valence-corrected chi connectivity index (χ4v) is 9.00. The van der Waals surface area contributed by atoms with E-state index in [1.165, 1.54) is 0 Å². The van der Waals surface area contributed by atoms with Gasteiger partial charge in [-0.3, -0.25) is 14.5 Å². The van der Waals surface area contributed by atoms with Crippen molar-refractivity contribution in [2.75, 3.05) is 51.3 Å². The molecular weight excluding hydrogens is 849 g/mol. The zero-order chi connectivity index (χ0) is 46.1. The largest absolute Gasteiger partial charge is 0.494 e. The topological polar surface area (TPSA) is 135 Å². The second-order valence-electron chi connectivity index (χ2n) is 16.1. The van der Waals surface area contributed by atoms with Crippen molar-refractivity contribution in [3.8, 4) is 16.9 Å². The Morgan fingerprint density at radius 2 is 1.73 bits per heavy atom. The zero-order valence-electron chi connectivity index (χ0n) is 38.3. The van der Waals surface area contributed by atoms with Gasteiger partial charge in [0, 0.05) is 72.6 Å². The molecule has 1 saturated heterocycles. The Labute approximate surface area is 386 Å². The van der Waals surface area contributed by atoms with Crippen molar-refractivity contribution in [1.29, 1.82) is 0 Å². The van der Waals surface area contributed by atoms with Gasteiger partial charge in [-0.15, -0.1) is 0 Å². The number of anilines is 1. The second-order valence-corrected chi connectivity index (χ2v) is 16.9. The molecule has 0 aliphatic carbocycles. The number of carbonyl (C=O) groups is 2. The van der Waals surface area contributed by atoms with Crippen molar-refractivity contribution < 1.29 is 24.2 Å². The number of carboxylic acids is 1. The second kappa shape index (κ2) is 21.9. The summed E-state index contributed by atoms with van der Waals surface area (Å²) in [4.78, 5) is 31.7. The van der Waals surface area contributed by atoms with Gasteiger partial charge in [-0.25, -0.2) is 4.79 Å². The lowest BCUT2D eigenvalue weighted by atomic mass is 9.91. The lowest BCUT2D eigenvalue weighted by molar-refractivity contribution is -0.109. The molecule has 4 heterocycles. The molecule has 1 atom stereocenters. The van der Waals surface area contributed by atoms with Gasteiger partial charge in [-0.05, 0) is 130 Å². The van der Waals surface area contributed by atoms with Gasteiger partial charge in [0.2, 0.25) is 6.41 Å². The average Bonchev–Trinajstić information content (AvgIpc) is 3.77. The Bertz CT molecular complexity index is 2560. The van der Waals surface area contributed by atoms with Crippen LogP contribution in [0.15, 0.2) is 59.6 Å². The predicted molar refractivity (Wildman–Crippen MR) is 262 cm³/mol. The summed E-state index contributed by atoms with van der Waals surface area (Å²) in [7, 11) is 1.92. The van der Waals surface area contributed by atoms with Crippen LogP contribution in [-0.2, 0) is 23.1 Å². The number of aliphatic imine (C=N–C) groups is 1. The number of benzene rings is 3. The summed E-state index contributed by atoms with van der Waals surface area (Å²) in [6.07, 6.45) is 9.01. The quantitative estimate of drug-likeness (QED) is 0.0506. The van der Waals surface area contributed by atoms with E-state index >= 15 is 0 Å². The number of morpholine rings is 1. The molecule has 0 radical (unpaired) electrons. The van der Waals surface area contributed by atoms with Crippen LogP contribution in [0.25, 0.3) is 33.7 Å². The smallest absolute Gasteiger partial charge is 0.352 e. The van der Waals surface area contributed by atoms with Gasteiger partial charge in [0.1, 0.15) is 17.3 Å². The Kier molecular flexibility index (Phi) is 16.4. The summed E-state index contributed by atoms with van der Waals surface area (Å²) in [6.45, 7) is 18.5. The molecule has 340 valence electrons. The van der Waals surface area contributed by atoms with Crippen LogP contribution >= 0.6 is 23.2 Å². The third kappa shape index (κ3) is 10.9. The van der Waals surface area contributed by atoms with Gasteiger partial charge in [-0.1, -0.05) is 49.2 Å². The van der Waals surface area contributed by atoms with E-state index in [0.29, 0.717) is 70.2 Å². The van der Waals surface area contributed by atoms with Gasteiger partial charge in [0.05, 0.1) is 47.8 Å². The van der Waals surface area contributed by atoms with Gasteiger partial charge >= 0.3 is 5.97 Å². The predicted octanol–water partition coefficient (Wildman–Crippen LogP) is 10.2. The minimum atomic E-state index is -0.998. The van der Waals surface area contributed by atoms with Crippen LogP contribution in [0.5, 0.6) is 5.75 Å². The summed E-state index contributed by atoms with van der Waals surface area (Å²) >= 11 is 13.6. The van der Waals surface area contributed by atoms with E-state index < -0.39 is 5.97 Å². The van der Waals surface area contributed by atoms with Crippen LogP contribution in [0.1, 0.15) is 82.8 Å². The molecule has 12 nitrogen and oxygen atoms in total. The third-order valence-corrected chi connectivity index (χ3v) is 12.5. The first-order chi connectivity index (χ1) is 30.8. The van der Waals surface area contributed by atoms with Crippen LogP contribution < -0.4 is 15.4 Å². The van der Waals surface area contributed by atoms with Crippen LogP contribution in [0.2, 0.25) is 10.0 Å². The fraction of sp³-hybridized carbons (Fsp3) is 0.400. The van der Waals surface area contributed by atoms with Gasteiger partial charge < -0.3 is 34.7 Å². The molecule has 1 amide bonds. The molecule has 7 rings (SSSR count). The van der Waals surface area contributed by atoms with Crippen molar-refractivity contribution in [3.63, 3.8) is 0 Å². The van der Waals surface area contributed by atoms with Gasteiger partial charge in [0.25, 0.3) is 0 Å². The number of carboxylic acid groups (broad SMARTS) is 1. The maximum absolute atomic E-state index is 13.0. The van der Waals surface area contributed by atoms with E-state index in [4.69, 9.17) is 42.8 Å². The SMILES string of the molecule is CC.Cc1cc(/C=C(\CCCOc2cc(C)c(Cl)c(C)c2)c2ccc(Cl)c(-c3c(C)nn(C)c3C)c2NCCNC=O)c2c(c1)cc(C(=O)O)n2CC1CC=CC(N2CCOCC2)=N1.